The molecule has 1 aliphatic heterocycles. The van der Waals surface area contributed by atoms with Crippen LogP contribution in [0.5, 0.6) is 0 Å². The second-order valence-electron chi connectivity index (χ2n) is 4.34. The molecule has 0 aliphatic carbocycles. The van der Waals surface area contributed by atoms with E-state index in [1.54, 1.807) is 0 Å². The maximum absolute atomic E-state index is 10.5. The van der Waals surface area contributed by atoms with Crippen molar-refractivity contribution in [2.45, 2.75) is 17.4 Å². The zero-order valence-corrected chi connectivity index (χ0v) is 12.1. The number of hydrogen-bond donors (Lipinski definition) is 2. The summed E-state index contributed by atoms with van der Waals surface area (Å²) in [6.07, 6.45) is 1.06. The van der Waals surface area contributed by atoms with Crippen molar-refractivity contribution in [3.05, 3.63) is 28.8 Å². The highest BCUT2D eigenvalue weighted by Crippen LogP contribution is 2.37. The number of nitrogens with two attached hydrogens (primary N) is 1. The molecule has 1 aromatic carbocycles. The maximum Gasteiger partial charge on any atom is 0.243 e. The van der Waals surface area contributed by atoms with Crippen LogP contribution in [0.15, 0.2) is 23.1 Å². The second kappa shape index (κ2) is 7.14. The van der Waals surface area contributed by atoms with Gasteiger partial charge in [-0.1, -0.05) is 11.6 Å². The molecule has 0 saturated heterocycles. The van der Waals surface area contributed by atoms with Gasteiger partial charge in [0.15, 0.2) is 0 Å². The molecule has 1 amide bonds. The van der Waals surface area contributed by atoms with E-state index in [9.17, 15) is 4.79 Å². The topological polar surface area (TPSA) is 64.4 Å². The minimum Gasteiger partial charge on any atom is -0.370 e. The van der Waals surface area contributed by atoms with E-state index in [1.807, 2.05) is 23.9 Å². The van der Waals surface area contributed by atoms with Crippen molar-refractivity contribution in [3.8, 4) is 0 Å². The molecule has 1 atom stereocenters. The van der Waals surface area contributed by atoms with Crippen LogP contribution in [0.2, 0.25) is 5.02 Å². The van der Waals surface area contributed by atoms with Crippen molar-refractivity contribution < 1.29 is 9.53 Å². The molecule has 4 nitrogen and oxygen atoms in total. The van der Waals surface area contributed by atoms with Crippen LogP contribution in [0.1, 0.15) is 18.0 Å². The molecule has 1 heterocycles. The number of primary amides is 1. The van der Waals surface area contributed by atoms with Gasteiger partial charge in [-0.15, -0.1) is 11.8 Å². The predicted octanol–water partition coefficient (Wildman–Crippen LogP) is 1.97. The molecule has 0 saturated carbocycles. The summed E-state index contributed by atoms with van der Waals surface area (Å²) < 4.78 is 5.13. The average molecular weight is 301 g/mol. The molecule has 0 radical (unpaired) electrons. The molecule has 6 heteroatoms. The number of amides is 1. The molecule has 0 fully saturated rings. The molecule has 104 valence electrons. The Kier molecular flexibility index (Phi) is 5.51. The fourth-order valence-electron chi connectivity index (χ4n) is 2.06. The number of carbonyl (C=O) groups excluding carboxylic acids is 1. The van der Waals surface area contributed by atoms with Gasteiger partial charge in [0.25, 0.3) is 0 Å². The van der Waals surface area contributed by atoms with Crippen molar-refractivity contribution in [2.24, 2.45) is 5.73 Å². The Bertz CT molecular complexity index is 456. The lowest BCUT2D eigenvalue weighted by atomic mass is 10.0. The highest BCUT2D eigenvalue weighted by molar-refractivity contribution is 7.99. The Balaban J connectivity index is 1.85. The first-order valence-corrected chi connectivity index (χ1v) is 7.55. The van der Waals surface area contributed by atoms with Crippen LogP contribution in [0.25, 0.3) is 0 Å². The van der Waals surface area contributed by atoms with Gasteiger partial charge in [-0.05, 0) is 35.9 Å². The highest BCUT2D eigenvalue weighted by atomic mass is 35.5. The van der Waals surface area contributed by atoms with Gasteiger partial charge in [0.05, 0.1) is 6.61 Å². The van der Waals surface area contributed by atoms with E-state index in [0.717, 1.165) is 17.2 Å². The largest absolute Gasteiger partial charge is 0.370 e. The van der Waals surface area contributed by atoms with Crippen LogP contribution in [0.3, 0.4) is 0 Å². The number of halogens is 1. The SMILES string of the molecule is NC(=O)COCCNC1CCSc2ccc(Cl)cc21. The molecule has 1 unspecified atom stereocenters. The Labute approximate surface area is 122 Å². The number of nitrogens with one attached hydrogen (secondary N) is 1. The van der Waals surface area contributed by atoms with E-state index in [4.69, 9.17) is 22.1 Å². The fraction of sp³-hybridized carbons (Fsp3) is 0.462. The van der Waals surface area contributed by atoms with Crippen LogP contribution in [-0.2, 0) is 9.53 Å². The third kappa shape index (κ3) is 4.38. The predicted molar refractivity (Wildman–Crippen MR) is 77.6 cm³/mol. The lowest BCUT2D eigenvalue weighted by Gasteiger charge is -2.26. The number of carbonyl (C=O) groups is 1. The van der Waals surface area contributed by atoms with E-state index in [-0.39, 0.29) is 6.61 Å². The number of ether oxygens (including phenoxy) is 1. The van der Waals surface area contributed by atoms with Crippen LogP contribution in [0.4, 0.5) is 0 Å². The molecule has 0 bridgehead atoms. The number of rotatable bonds is 6. The number of hydrogen-bond acceptors (Lipinski definition) is 4. The summed E-state index contributed by atoms with van der Waals surface area (Å²) in [5.74, 6) is 0.653. The van der Waals surface area contributed by atoms with E-state index in [2.05, 4.69) is 11.4 Å². The van der Waals surface area contributed by atoms with Crippen LogP contribution >= 0.6 is 23.4 Å². The number of thioether (sulfide) groups is 1. The first-order valence-electron chi connectivity index (χ1n) is 6.18. The van der Waals surface area contributed by atoms with Gasteiger partial charge in [-0.3, -0.25) is 4.79 Å². The van der Waals surface area contributed by atoms with Crippen molar-refractivity contribution in [3.63, 3.8) is 0 Å². The summed E-state index contributed by atoms with van der Waals surface area (Å²) in [7, 11) is 0. The van der Waals surface area contributed by atoms with Crippen molar-refractivity contribution in [1.82, 2.24) is 5.32 Å². The van der Waals surface area contributed by atoms with Crippen molar-refractivity contribution in [1.29, 1.82) is 0 Å². The summed E-state index contributed by atoms with van der Waals surface area (Å²) in [4.78, 5) is 11.8. The average Bonchev–Trinajstić information content (AvgIpc) is 2.38. The third-order valence-corrected chi connectivity index (χ3v) is 4.25. The number of benzene rings is 1. The molecular weight excluding hydrogens is 284 g/mol. The monoisotopic (exact) mass is 300 g/mol. The van der Waals surface area contributed by atoms with Gasteiger partial charge in [-0.2, -0.15) is 0 Å². The second-order valence-corrected chi connectivity index (χ2v) is 5.92. The summed E-state index contributed by atoms with van der Waals surface area (Å²) in [6, 6.07) is 6.31. The standard InChI is InChI=1S/C13H17ClN2O2S/c14-9-1-2-12-10(7-9)11(3-6-19-12)16-4-5-18-8-13(15)17/h1-2,7,11,16H,3-6,8H2,(H2,15,17). The van der Waals surface area contributed by atoms with Gasteiger partial charge in [-0.25, -0.2) is 0 Å². The third-order valence-electron chi connectivity index (χ3n) is 2.89. The molecule has 0 spiro atoms. The molecular formula is C13H17ClN2O2S. The summed E-state index contributed by atoms with van der Waals surface area (Å²) >= 11 is 7.91. The summed E-state index contributed by atoms with van der Waals surface area (Å²) in [6.45, 7) is 1.14. The first-order chi connectivity index (χ1) is 9.16. The Morgan fingerprint density at radius 2 is 2.42 bits per heavy atom. The molecule has 0 aromatic heterocycles. The summed E-state index contributed by atoms with van der Waals surface area (Å²) in [5, 5.41) is 4.19. The van der Waals surface area contributed by atoms with E-state index in [0.29, 0.717) is 19.2 Å². The fourth-order valence-corrected chi connectivity index (χ4v) is 3.34. The molecule has 1 aromatic rings. The van der Waals surface area contributed by atoms with E-state index < -0.39 is 5.91 Å². The zero-order valence-electron chi connectivity index (χ0n) is 10.5. The quantitative estimate of drug-likeness (QED) is 0.789. The van der Waals surface area contributed by atoms with Crippen LogP contribution in [0, 0.1) is 0 Å². The lowest BCUT2D eigenvalue weighted by Crippen LogP contribution is -2.29. The van der Waals surface area contributed by atoms with Gasteiger partial charge in [0.2, 0.25) is 5.91 Å². The Morgan fingerprint density at radius 3 is 3.21 bits per heavy atom. The van der Waals surface area contributed by atoms with Gasteiger partial charge < -0.3 is 15.8 Å². The molecule has 3 N–H and O–H groups in total. The Hall–Kier alpha value is -0.750. The van der Waals surface area contributed by atoms with Crippen molar-refractivity contribution >= 4 is 29.3 Å². The molecule has 2 rings (SSSR count). The molecule has 1 aliphatic rings. The van der Waals surface area contributed by atoms with E-state index >= 15 is 0 Å². The highest BCUT2D eigenvalue weighted by Gasteiger charge is 2.20. The smallest absolute Gasteiger partial charge is 0.243 e. The minimum atomic E-state index is -0.439. The van der Waals surface area contributed by atoms with Crippen LogP contribution < -0.4 is 11.1 Å². The zero-order chi connectivity index (χ0) is 13.7. The number of fused-ring (bicyclic) bond motifs is 1. The normalized spacial score (nSPS) is 18.1. The molecule has 19 heavy (non-hydrogen) atoms. The van der Waals surface area contributed by atoms with Gasteiger partial charge in [0, 0.05) is 22.5 Å². The first kappa shape index (κ1) is 14.7. The maximum atomic E-state index is 10.5. The van der Waals surface area contributed by atoms with Crippen LogP contribution in [-0.4, -0.2) is 31.4 Å². The van der Waals surface area contributed by atoms with Crippen molar-refractivity contribution in [2.75, 3.05) is 25.5 Å². The minimum absolute atomic E-state index is 0.0232. The van der Waals surface area contributed by atoms with Gasteiger partial charge in [0.1, 0.15) is 6.61 Å². The lowest BCUT2D eigenvalue weighted by molar-refractivity contribution is -0.122. The Morgan fingerprint density at radius 1 is 1.58 bits per heavy atom. The summed E-state index contributed by atoms with van der Waals surface area (Å²) in [5.41, 5.74) is 6.24. The van der Waals surface area contributed by atoms with Gasteiger partial charge >= 0.3 is 0 Å². The van der Waals surface area contributed by atoms with E-state index in [1.165, 1.54) is 10.5 Å².